The van der Waals surface area contributed by atoms with Crippen LogP contribution in [-0.2, 0) is 5.41 Å². The number of methoxy groups -OCH3 is 1. The van der Waals surface area contributed by atoms with E-state index in [4.69, 9.17) is 4.74 Å². The largest absolute Gasteiger partial charge is 0.495 e. The van der Waals surface area contributed by atoms with Crippen molar-refractivity contribution in [3.8, 4) is 5.75 Å². The molecule has 8 heteroatoms. The number of hydrogen-bond acceptors (Lipinski definition) is 6. The lowest BCUT2D eigenvalue weighted by Gasteiger charge is -2.21. The summed E-state index contributed by atoms with van der Waals surface area (Å²) in [6, 6.07) is 17.4. The molecule has 2 amide bonds. The van der Waals surface area contributed by atoms with Gasteiger partial charge in [0.05, 0.1) is 33.6 Å². The van der Waals surface area contributed by atoms with E-state index in [2.05, 4.69) is 41.7 Å². The highest BCUT2D eigenvalue weighted by atomic mass is 32.1. The molecule has 2 heterocycles. The van der Waals surface area contributed by atoms with Crippen LogP contribution >= 0.6 is 11.3 Å². The first-order valence-electron chi connectivity index (χ1n) is 12.3. The van der Waals surface area contributed by atoms with Crippen LogP contribution in [0.25, 0.3) is 10.1 Å². The van der Waals surface area contributed by atoms with Crippen molar-refractivity contribution >= 4 is 50.4 Å². The highest BCUT2D eigenvalue weighted by molar-refractivity contribution is 7.21. The second-order valence-electron chi connectivity index (χ2n) is 10.3. The van der Waals surface area contributed by atoms with E-state index < -0.39 is 0 Å². The summed E-state index contributed by atoms with van der Waals surface area (Å²) in [4.78, 5) is 31.0. The number of nitrogens with one attached hydrogen (secondary N) is 3. The van der Waals surface area contributed by atoms with Crippen molar-refractivity contribution in [2.24, 2.45) is 0 Å². The van der Waals surface area contributed by atoms with Gasteiger partial charge in [-0.05, 0) is 65.6 Å². The van der Waals surface area contributed by atoms with E-state index in [-0.39, 0.29) is 17.2 Å². The lowest BCUT2D eigenvalue weighted by atomic mass is 9.87. The third-order valence-corrected chi connectivity index (χ3v) is 7.47. The lowest BCUT2D eigenvalue weighted by molar-refractivity contribution is 0.102. The van der Waals surface area contributed by atoms with Crippen LogP contribution in [0.15, 0.2) is 60.8 Å². The van der Waals surface area contributed by atoms with Crippen molar-refractivity contribution in [2.45, 2.75) is 45.1 Å². The quantitative estimate of drug-likeness (QED) is 0.256. The van der Waals surface area contributed by atoms with Gasteiger partial charge >= 0.3 is 0 Å². The van der Waals surface area contributed by atoms with E-state index in [1.54, 1.807) is 19.4 Å². The number of carbonyl (C=O) groups excluding carboxylic acids is 2. The molecule has 1 saturated carbocycles. The first-order chi connectivity index (χ1) is 17.7. The number of benzene rings is 2. The van der Waals surface area contributed by atoms with Crippen LogP contribution in [-0.4, -0.2) is 29.9 Å². The molecule has 7 nitrogen and oxygen atoms in total. The molecule has 0 bridgehead atoms. The third-order valence-electron chi connectivity index (χ3n) is 6.28. The number of hydrogen-bond donors (Lipinski definition) is 3. The Labute approximate surface area is 220 Å². The number of nitrogens with zero attached hydrogens (tertiary/aromatic N) is 1. The zero-order chi connectivity index (χ0) is 26.2. The van der Waals surface area contributed by atoms with E-state index in [1.165, 1.54) is 11.3 Å². The van der Waals surface area contributed by atoms with Gasteiger partial charge in [0.2, 0.25) is 0 Å². The summed E-state index contributed by atoms with van der Waals surface area (Å²) >= 11 is 1.33. The van der Waals surface area contributed by atoms with Crippen LogP contribution in [0.5, 0.6) is 5.75 Å². The predicted molar refractivity (Wildman–Crippen MR) is 150 cm³/mol. The van der Waals surface area contributed by atoms with E-state index in [0.29, 0.717) is 33.6 Å². The highest BCUT2D eigenvalue weighted by Gasteiger charge is 2.22. The van der Waals surface area contributed by atoms with E-state index >= 15 is 0 Å². The smallest absolute Gasteiger partial charge is 0.265 e. The normalized spacial score (nSPS) is 13.3. The Morgan fingerprint density at radius 1 is 0.973 bits per heavy atom. The maximum absolute atomic E-state index is 13.2. The van der Waals surface area contributed by atoms with Crippen molar-refractivity contribution in [3.05, 3.63) is 76.8 Å². The summed E-state index contributed by atoms with van der Waals surface area (Å²) in [5.74, 6) is 0.897. The van der Waals surface area contributed by atoms with E-state index in [0.717, 1.165) is 34.3 Å². The zero-order valence-corrected chi connectivity index (χ0v) is 22.2. The average Bonchev–Trinajstić information content (AvgIpc) is 3.57. The summed E-state index contributed by atoms with van der Waals surface area (Å²) in [5, 5.41) is 10.2. The molecule has 0 unspecified atom stereocenters. The van der Waals surface area contributed by atoms with Crippen molar-refractivity contribution in [1.82, 2.24) is 4.98 Å². The monoisotopic (exact) mass is 514 g/mol. The van der Waals surface area contributed by atoms with Crippen molar-refractivity contribution in [2.75, 3.05) is 23.1 Å². The maximum atomic E-state index is 13.2. The number of thiophene rings is 1. The molecule has 0 saturated heterocycles. The summed E-state index contributed by atoms with van der Waals surface area (Å²) in [7, 11) is 1.59. The molecule has 3 N–H and O–H groups in total. The topological polar surface area (TPSA) is 92.4 Å². The standard InChI is InChI=1S/C29H30N4O3S/c1-29(2,3)19-9-12-23(36-4)22(15-19)33-28(35)24-14-17-6-5-7-21(26(17)37-24)32-27(34)18-8-13-25(30-16-18)31-20-10-11-20/h5-9,12-16,20H,10-11H2,1-4H3,(H,30,31)(H,32,34)(H,33,35). The molecular weight excluding hydrogens is 484 g/mol. The number of carbonyl (C=O) groups is 2. The van der Waals surface area contributed by atoms with E-state index in [9.17, 15) is 9.59 Å². The van der Waals surface area contributed by atoms with Crippen LogP contribution in [0.3, 0.4) is 0 Å². The Kier molecular flexibility index (Phi) is 6.60. The Bertz CT molecular complexity index is 1470. The van der Waals surface area contributed by atoms with Gasteiger partial charge in [-0.25, -0.2) is 4.98 Å². The predicted octanol–water partition coefficient (Wildman–Crippen LogP) is 6.68. The second-order valence-corrected chi connectivity index (χ2v) is 11.3. The van der Waals surface area contributed by atoms with Crippen LogP contribution in [0, 0.1) is 0 Å². The minimum absolute atomic E-state index is 0.0694. The highest BCUT2D eigenvalue weighted by Crippen LogP contribution is 2.35. The molecule has 0 radical (unpaired) electrons. The fourth-order valence-corrected chi connectivity index (χ4v) is 5.00. The van der Waals surface area contributed by atoms with Crippen LogP contribution in [0.2, 0.25) is 0 Å². The minimum atomic E-state index is -0.249. The zero-order valence-electron chi connectivity index (χ0n) is 21.3. The maximum Gasteiger partial charge on any atom is 0.265 e. The number of amides is 2. The molecule has 0 atom stereocenters. The van der Waals surface area contributed by atoms with Gasteiger partial charge in [0.25, 0.3) is 11.8 Å². The molecular formula is C29H30N4O3S. The Balaban J connectivity index is 1.35. The lowest BCUT2D eigenvalue weighted by Crippen LogP contribution is -2.14. The minimum Gasteiger partial charge on any atom is -0.495 e. The Morgan fingerprint density at radius 3 is 2.43 bits per heavy atom. The second kappa shape index (κ2) is 9.86. The Hall–Kier alpha value is -3.91. The van der Waals surface area contributed by atoms with Gasteiger partial charge in [0.1, 0.15) is 11.6 Å². The number of pyridine rings is 1. The first-order valence-corrected chi connectivity index (χ1v) is 13.1. The molecule has 1 aliphatic carbocycles. The third kappa shape index (κ3) is 5.59. The number of anilines is 3. The van der Waals surface area contributed by atoms with Gasteiger partial charge in [-0.3, -0.25) is 9.59 Å². The molecule has 2 aromatic heterocycles. The Morgan fingerprint density at radius 2 is 1.76 bits per heavy atom. The van der Waals surface area contributed by atoms with Crippen molar-refractivity contribution < 1.29 is 14.3 Å². The van der Waals surface area contributed by atoms with Crippen LogP contribution in [0.1, 0.15) is 59.2 Å². The van der Waals surface area contributed by atoms with Crippen LogP contribution in [0.4, 0.5) is 17.2 Å². The fraction of sp³-hybridized carbons (Fsp3) is 0.276. The molecule has 5 rings (SSSR count). The molecule has 0 spiro atoms. The molecule has 1 aliphatic rings. The van der Waals surface area contributed by atoms with Gasteiger partial charge in [0, 0.05) is 12.2 Å². The number of rotatable bonds is 7. The molecule has 190 valence electrons. The molecule has 37 heavy (non-hydrogen) atoms. The van der Waals surface area contributed by atoms with Crippen LogP contribution < -0.4 is 20.7 Å². The summed E-state index contributed by atoms with van der Waals surface area (Å²) in [5.41, 5.74) is 2.77. The van der Waals surface area contributed by atoms with E-state index in [1.807, 2.05) is 48.5 Å². The average molecular weight is 515 g/mol. The molecule has 2 aromatic carbocycles. The van der Waals surface area contributed by atoms with Gasteiger partial charge in [-0.2, -0.15) is 0 Å². The van der Waals surface area contributed by atoms with Gasteiger partial charge < -0.3 is 20.7 Å². The summed E-state index contributed by atoms with van der Waals surface area (Å²) < 4.78 is 6.30. The van der Waals surface area contributed by atoms with Gasteiger partial charge in [-0.1, -0.05) is 39.0 Å². The van der Waals surface area contributed by atoms with Gasteiger partial charge in [-0.15, -0.1) is 11.3 Å². The van der Waals surface area contributed by atoms with Crippen molar-refractivity contribution in [3.63, 3.8) is 0 Å². The fourth-order valence-electron chi connectivity index (χ4n) is 3.97. The molecule has 0 aliphatic heterocycles. The number of ether oxygens (including phenoxy) is 1. The number of aromatic nitrogens is 1. The summed E-state index contributed by atoms with van der Waals surface area (Å²) in [6.45, 7) is 6.37. The number of fused-ring (bicyclic) bond motifs is 1. The SMILES string of the molecule is COc1ccc(C(C)(C)C)cc1NC(=O)c1cc2cccc(NC(=O)c3ccc(NC4CC4)nc3)c2s1. The van der Waals surface area contributed by atoms with Crippen molar-refractivity contribution in [1.29, 1.82) is 0 Å². The summed E-state index contributed by atoms with van der Waals surface area (Å²) in [6.07, 6.45) is 3.89. The molecule has 4 aromatic rings. The van der Waals surface area contributed by atoms with Gasteiger partial charge in [0.15, 0.2) is 0 Å². The first kappa shape index (κ1) is 24.8. The molecule has 1 fully saturated rings.